The van der Waals surface area contributed by atoms with Crippen molar-refractivity contribution in [3.8, 4) is 22.4 Å². The van der Waals surface area contributed by atoms with Gasteiger partial charge in [-0.15, -0.1) is 0 Å². The van der Waals surface area contributed by atoms with Crippen LogP contribution in [0.15, 0.2) is 78.9 Å². The fourth-order valence-corrected chi connectivity index (χ4v) is 3.80. The normalized spacial score (nSPS) is 10.8. The van der Waals surface area contributed by atoms with Crippen molar-refractivity contribution >= 4 is 11.8 Å². The first-order chi connectivity index (χ1) is 15.9. The van der Waals surface area contributed by atoms with Crippen LogP contribution in [0.1, 0.15) is 32.0 Å². The monoisotopic (exact) mass is 443 g/mol. The summed E-state index contributed by atoms with van der Waals surface area (Å²) in [5, 5.41) is 8.82. The van der Waals surface area contributed by atoms with Gasteiger partial charge >= 0.3 is 0 Å². The standard InChI is InChI=1S/C26H22FN3O3/c1-16-2-6-19(7-3-16)23-14-22(18-10-12-21(27)13-11-18)24(25(28)31)30(23)15-17-4-8-20(9-5-17)26(32)29-33/h2-14,33H,15H2,1H3,(H2,28,31)(H,29,32). The number of hydrogen-bond donors (Lipinski definition) is 3. The number of nitrogens with two attached hydrogens (primary N) is 1. The van der Waals surface area contributed by atoms with Gasteiger partial charge in [0, 0.05) is 23.4 Å². The summed E-state index contributed by atoms with van der Waals surface area (Å²) in [5.74, 6) is -1.59. The second-order valence-corrected chi connectivity index (χ2v) is 7.75. The van der Waals surface area contributed by atoms with Gasteiger partial charge in [-0.3, -0.25) is 14.8 Å². The number of rotatable bonds is 6. The zero-order chi connectivity index (χ0) is 23.5. The molecule has 0 saturated heterocycles. The summed E-state index contributed by atoms with van der Waals surface area (Å²) in [6.45, 7) is 2.30. The molecule has 0 aliphatic rings. The van der Waals surface area contributed by atoms with E-state index in [-0.39, 0.29) is 5.82 Å². The first-order valence-electron chi connectivity index (χ1n) is 10.3. The number of primary amides is 1. The number of aromatic nitrogens is 1. The number of nitrogens with one attached hydrogen (secondary N) is 1. The predicted octanol–water partition coefficient (Wildman–Crippen LogP) is 4.54. The van der Waals surface area contributed by atoms with E-state index in [0.717, 1.165) is 22.4 Å². The molecule has 1 heterocycles. The lowest BCUT2D eigenvalue weighted by molar-refractivity contribution is 0.0706. The van der Waals surface area contributed by atoms with Crippen LogP contribution in [0.4, 0.5) is 4.39 Å². The molecule has 4 rings (SSSR count). The van der Waals surface area contributed by atoms with Crippen molar-refractivity contribution in [2.75, 3.05) is 0 Å². The first kappa shape index (κ1) is 22.0. The fourth-order valence-electron chi connectivity index (χ4n) is 3.80. The second-order valence-electron chi connectivity index (χ2n) is 7.75. The molecule has 0 spiro atoms. The smallest absolute Gasteiger partial charge is 0.274 e. The number of carbonyl (C=O) groups is 2. The van der Waals surface area contributed by atoms with Crippen molar-refractivity contribution in [3.63, 3.8) is 0 Å². The molecule has 0 aliphatic heterocycles. The highest BCUT2D eigenvalue weighted by molar-refractivity contribution is 6.00. The molecule has 0 radical (unpaired) electrons. The van der Waals surface area contributed by atoms with Crippen LogP contribution in [0, 0.1) is 12.7 Å². The Morgan fingerprint density at radius 3 is 2.12 bits per heavy atom. The Hall–Kier alpha value is -4.23. The van der Waals surface area contributed by atoms with Crippen molar-refractivity contribution in [1.82, 2.24) is 10.0 Å². The van der Waals surface area contributed by atoms with Gasteiger partial charge in [0.25, 0.3) is 11.8 Å². The molecule has 33 heavy (non-hydrogen) atoms. The first-order valence-corrected chi connectivity index (χ1v) is 10.3. The summed E-state index contributed by atoms with van der Waals surface area (Å²) in [6.07, 6.45) is 0. The molecule has 166 valence electrons. The number of halogens is 1. The molecule has 4 aromatic rings. The van der Waals surface area contributed by atoms with Gasteiger partial charge in [-0.05, 0) is 53.9 Å². The maximum Gasteiger partial charge on any atom is 0.274 e. The van der Waals surface area contributed by atoms with Crippen LogP contribution < -0.4 is 11.2 Å². The number of carbonyl (C=O) groups excluding carboxylic acids is 2. The Morgan fingerprint density at radius 1 is 0.939 bits per heavy atom. The van der Waals surface area contributed by atoms with Crippen molar-refractivity contribution in [3.05, 3.63) is 107 Å². The van der Waals surface area contributed by atoms with Crippen molar-refractivity contribution in [2.24, 2.45) is 5.73 Å². The second kappa shape index (κ2) is 9.10. The van der Waals surface area contributed by atoms with E-state index in [2.05, 4.69) is 0 Å². The molecule has 0 aliphatic carbocycles. The summed E-state index contributed by atoms with van der Waals surface area (Å²) in [5.41, 5.74) is 12.9. The Morgan fingerprint density at radius 2 is 1.55 bits per heavy atom. The van der Waals surface area contributed by atoms with E-state index in [1.807, 2.05) is 41.8 Å². The Bertz CT molecular complexity index is 1310. The zero-order valence-corrected chi connectivity index (χ0v) is 17.9. The van der Waals surface area contributed by atoms with E-state index >= 15 is 0 Å². The van der Waals surface area contributed by atoms with Gasteiger partial charge < -0.3 is 10.3 Å². The quantitative estimate of drug-likeness (QED) is 0.302. The van der Waals surface area contributed by atoms with Gasteiger partial charge in [0.1, 0.15) is 11.5 Å². The fraction of sp³-hybridized carbons (Fsp3) is 0.0769. The number of hydroxylamine groups is 1. The molecule has 2 amide bonds. The molecular formula is C26H22FN3O3. The van der Waals surface area contributed by atoms with E-state index in [0.29, 0.717) is 28.9 Å². The van der Waals surface area contributed by atoms with Crippen LogP contribution in [0.25, 0.3) is 22.4 Å². The van der Waals surface area contributed by atoms with E-state index in [9.17, 15) is 14.0 Å². The predicted molar refractivity (Wildman–Crippen MR) is 123 cm³/mol. The van der Waals surface area contributed by atoms with Gasteiger partial charge in [0.05, 0.1) is 0 Å². The minimum absolute atomic E-state index is 0.300. The molecular weight excluding hydrogens is 421 g/mol. The number of nitrogens with zero attached hydrogens (tertiary/aromatic N) is 1. The van der Waals surface area contributed by atoms with Gasteiger partial charge in [-0.2, -0.15) is 0 Å². The molecule has 3 aromatic carbocycles. The van der Waals surface area contributed by atoms with E-state index in [1.54, 1.807) is 41.9 Å². The SMILES string of the molecule is Cc1ccc(-c2cc(-c3ccc(F)cc3)c(C(N)=O)n2Cc2ccc(C(=O)NO)cc2)cc1. The Labute approximate surface area is 190 Å². The minimum atomic E-state index is -0.612. The topological polar surface area (TPSA) is 97.4 Å². The molecule has 0 unspecified atom stereocenters. The van der Waals surface area contributed by atoms with Crippen molar-refractivity contribution in [2.45, 2.75) is 13.5 Å². The molecule has 0 bridgehead atoms. The molecule has 0 saturated carbocycles. The largest absolute Gasteiger partial charge is 0.364 e. The summed E-state index contributed by atoms with van der Waals surface area (Å²) in [7, 11) is 0. The highest BCUT2D eigenvalue weighted by Crippen LogP contribution is 2.34. The molecule has 1 aromatic heterocycles. The van der Waals surface area contributed by atoms with Crippen LogP contribution in [-0.4, -0.2) is 21.6 Å². The van der Waals surface area contributed by atoms with E-state index in [4.69, 9.17) is 10.9 Å². The average molecular weight is 443 g/mol. The van der Waals surface area contributed by atoms with E-state index < -0.39 is 11.8 Å². The number of hydrogen-bond acceptors (Lipinski definition) is 3. The van der Waals surface area contributed by atoms with Crippen LogP contribution in [0.2, 0.25) is 0 Å². The Balaban J connectivity index is 1.87. The average Bonchev–Trinajstić information content (AvgIpc) is 3.19. The highest BCUT2D eigenvalue weighted by atomic mass is 19.1. The van der Waals surface area contributed by atoms with Crippen LogP contribution in [0.3, 0.4) is 0 Å². The van der Waals surface area contributed by atoms with Gasteiger partial charge in [0.15, 0.2) is 0 Å². The van der Waals surface area contributed by atoms with Crippen molar-refractivity contribution < 1.29 is 19.2 Å². The third kappa shape index (κ3) is 4.53. The van der Waals surface area contributed by atoms with Crippen LogP contribution in [0.5, 0.6) is 0 Å². The van der Waals surface area contributed by atoms with Crippen LogP contribution >= 0.6 is 0 Å². The maximum atomic E-state index is 13.5. The van der Waals surface area contributed by atoms with E-state index in [1.165, 1.54) is 12.1 Å². The van der Waals surface area contributed by atoms with Gasteiger partial charge in [-0.1, -0.05) is 54.1 Å². The van der Waals surface area contributed by atoms with Crippen LogP contribution in [-0.2, 0) is 6.54 Å². The summed E-state index contributed by atoms with van der Waals surface area (Å²) in [6, 6.07) is 22.3. The molecule has 0 atom stereocenters. The highest BCUT2D eigenvalue weighted by Gasteiger charge is 2.22. The summed E-state index contributed by atoms with van der Waals surface area (Å²) < 4.78 is 15.3. The molecule has 7 heteroatoms. The number of benzene rings is 3. The lowest BCUT2D eigenvalue weighted by atomic mass is 10.0. The summed E-state index contributed by atoms with van der Waals surface area (Å²) in [4.78, 5) is 24.2. The Kier molecular flexibility index (Phi) is 6.06. The zero-order valence-electron chi connectivity index (χ0n) is 17.9. The number of aryl methyl sites for hydroxylation is 1. The van der Waals surface area contributed by atoms with Gasteiger partial charge in [-0.25, -0.2) is 9.87 Å². The maximum absolute atomic E-state index is 13.5. The lowest BCUT2D eigenvalue weighted by Crippen LogP contribution is -2.19. The molecule has 6 nitrogen and oxygen atoms in total. The molecule has 4 N–H and O–H groups in total. The number of amides is 2. The third-order valence-electron chi connectivity index (χ3n) is 5.49. The molecule has 0 fully saturated rings. The summed E-state index contributed by atoms with van der Waals surface area (Å²) >= 11 is 0. The third-order valence-corrected chi connectivity index (χ3v) is 5.49. The van der Waals surface area contributed by atoms with Gasteiger partial charge in [0.2, 0.25) is 0 Å². The van der Waals surface area contributed by atoms with Crippen molar-refractivity contribution in [1.29, 1.82) is 0 Å². The minimum Gasteiger partial charge on any atom is -0.364 e. The lowest BCUT2D eigenvalue weighted by Gasteiger charge is -2.14.